The zero-order valence-corrected chi connectivity index (χ0v) is 14.1. The lowest BCUT2D eigenvalue weighted by molar-refractivity contribution is -0.126. The Morgan fingerprint density at radius 2 is 1.74 bits per heavy atom. The van der Waals surface area contributed by atoms with Gasteiger partial charge in [-0.15, -0.1) is 0 Å². The highest BCUT2D eigenvalue weighted by Gasteiger charge is 2.29. The summed E-state index contributed by atoms with van der Waals surface area (Å²) in [7, 11) is 0. The Kier molecular flexibility index (Phi) is 5.64. The van der Waals surface area contributed by atoms with Crippen LogP contribution in [0.25, 0.3) is 0 Å². The van der Waals surface area contributed by atoms with Crippen LogP contribution in [0.2, 0.25) is 0 Å². The predicted molar refractivity (Wildman–Crippen MR) is 87.5 cm³/mol. The Balaban J connectivity index is 1.75. The largest absolute Gasteiger partial charge is 0.486 e. The van der Waals surface area contributed by atoms with Crippen LogP contribution < -0.4 is 4.74 Å². The maximum atomic E-state index is 12.2. The van der Waals surface area contributed by atoms with Gasteiger partial charge < -0.3 is 14.4 Å². The van der Waals surface area contributed by atoms with Gasteiger partial charge in [0.05, 0.1) is 0 Å². The normalized spacial score (nSPS) is 16.0. The number of para-hydroxylation sites is 1. The molecule has 0 atom stereocenters. The molecule has 1 aromatic rings. The molecule has 1 amide bonds. The number of nitrogens with zero attached hydrogens (tertiary/aromatic N) is 1. The predicted octanol–water partition coefficient (Wildman–Crippen LogP) is 3.28. The van der Waals surface area contributed by atoms with Gasteiger partial charge in [-0.2, -0.15) is 0 Å². The fraction of sp³-hybridized carbons (Fsp3) is 0.556. The van der Waals surface area contributed by atoms with E-state index in [1.807, 2.05) is 51.1 Å². The minimum Gasteiger partial charge on any atom is -0.486 e. The molecule has 0 spiro atoms. The first-order valence-corrected chi connectivity index (χ1v) is 8.03. The Bertz CT molecular complexity index is 528. The number of piperidine rings is 1. The van der Waals surface area contributed by atoms with Crippen LogP contribution in [0.15, 0.2) is 30.3 Å². The first kappa shape index (κ1) is 17.3. The van der Waals surface area contributed by atoms with Crippen LogP contribution in [-0.4, -0.2) is 42.1 Å². The van der Waals surface area contributed by atoms with E-state index in [2.05, 4.69) is 0 Å². The van der Waals surface area contributed by atoms with Crippen molar-refractivity contribution < 1.29 is 19.1 Å². The molecule has 0 saturated carbocycles. The molecule has 126 valence electrons. The minimum absolute atomic E-state index is 0.0441. The summed E-state index contributed by atoms with van der Waals surface area (Å²) in [5.74, 6) is 0.752. The molecule has 1 aliphatic heterocycles. The molecule has 0 aliphatic carbocycles. The highest BCUT2D eigenvalue weighted by Crippen LogP contribution is 2.21. The molecule has 5 nitrogen and oxygen atoms in total. The summed E-state index contributed by atoms with van der Waals surface area (Å²) in [5, 5.41) is 0. The van der Waals surface area contributed by atoms with Crippen molar-refractivity contribution in [2.24, 2.45) is 5.92 Å². The Morgan fingerprint density at radius 3 is 2.30 bits per heavy atom. The van der Waals surface area contributed by atoms with E-state index in [0.29, 0.717) is 31.7 Å². The van der Waals surface area contributed by atoms with Crippen LogP contribution in [0.1, 0.15) is 33.6 Å². The fourth-order valence-corrected chi connectivity index (χ4v) is 2.50. The number of Topliss-reactive ketones (excluding diaryl/α,β-unsaturated/α-hetero) is 1. The summed E-state index contributed by atoms with van der Waals surface area (Å²) >= 11 is 0. The van der Waals surface area contributed by atoms with E-state index in [1.54, 1.807) is 4.90 Å². The zero-order chi connectivity index (χ0) is 16.9. The minimum atomic E-state index is -0.493. The topological polar surface area (TPSA) is 55.8 Å². The Morgan fingerprint density at radius 1 is 1.13 bits per heavy atom. The lowest BCUT2D eigenvalue weighted by Gasteiger charge is -2.32. The number of carbonyl (C=O) groups is 2. The van der Waals surface area contributed by atoms with E-state index in [0.717, 1.165) is 0 Å². The van der Waals surface area contributed by atoms with Crippen molar-refractivity contribution in [2.75, 3.05) is 19.7 Å². The van der Waals surface area contributed by atoms with E-state index in [-0.39, 0.29) is 24.4 Å². The van der Waals surface area contributed by atoms with E-state index >= 15 is 0 Å². The average Bonchev–Trinajstić information content (AvgIpc) is 2.52. The van der Waals surface area contributed by atoms with Crippen molar-refractivity contribution in [3.05, 3.63) is 30.3 Å². The van der Waals surface area contributed by atoms with Gasteiger partial charge in [-0.3, -0.25) is 4.79 Å². The summed E-state index contributed by atoms with van der Waals surface area (Å²) < 4.78 is 10.9. The number of benzene rings is 1. The monoisotopic (exact) mass is 319 g/mol. The van der Waals surface area contributed by atoms with Crippen LogP contribution in [-0.2, 0) is 9.53 Å². The van der Waals surface area contributed by atoms with E-state index in [1.165, 1.54) is 0 Å². The molecule has 1 heterocycles. The van der Waals surface area contributed by atoms with Gasteiger partial charge in [0.2, 0.25) is 0 Å². The summed E-state index contributed by atoms with van der Waals surface area (Å²) in [5.41, 5.74) is -0.493. The SMILES string of the molecule is CC(C)(C)OC(=O)N1CCC(C(=O)COc2ccccc2)CC1. The second-order valence-electron chi connectivity index (χ2n) is 6.81. The van der Waals surface area contributed by atoms with E-state index < -0.39 is 5.60 Å². The van der Waals surface area contributed by atoms with Gasteiger partial charge in [0.15, 0.2) is 5.78 Å². The summed E-state index contributed by atoms with van der Waals surface area (Å²) in [6, 6.07) is 9.32. The van der Waals surface area contributed by atoms with Gasteiger partial charge in [-0.1, -0.05) is 18.2 Å². The number of likely N-dealkylation sites (tertiary alicyclic amines) is 1. The van der Waals surface area contributed by atoms with Crippen molar-refractivity contribution in [3.63, 3.8) is 0 Å². The van der Waals surface area contributed by atoms with Crippen LogP contribution >= 0.6 is 0 Å². The third kappa shape index (κ3) is 5.58. The maximum Gasteiger partial charge on any atom is 0.410 e. The van der Waals surface area contributed by atoms with Crippen LogP contribution in [0.3, 0.4) is 0 Å². The van der Waals surface area contributed by atoms with Crippen molar-refractivity contribution in [2.45, 2.75) is 39.2 Å². The van der Waals surface area contributed by atoms with Gasteiger partial charge in [-0.05, 0) is 45.7 Å². The number of rotatable bonds is 4. The van der Waals surface area contributed by atoms with E-state index in [4.69, 9.17) is 9.47 Å². The van der Waals surface area contributed by atoms with Gasteiger partial charge in [0.25, 0.3) is 0 Å². The molecule has 23 heavy (non-hydrogen) atoms. The molecule has 0 unspecified atom stereocenters. The van der Waals surface area contributed by atoms with Crippen molar-refractivity contribution >= 4 is 11.9 Å². The third-order valence-corrected chi connectivity index (χ3v) is 3.73. The standard InChI is InChI=1S/C18H25NO4/c1-18(2,3)23-17(21)19-11-9-14(10-12-19)16(20)13-22-15-7-5-4-6-8-15/h4-8,14H,9-13H2,1-3H3. The number of ketones is 1. The van der Waals surface area contributed by atoms with Crippen LogP contribution in [0, 0.1) is 5.92 Å². The maximum absolute atomic E-state index is 12.2. The molecule has 2 rings (SSSR count). The Hall–Kier alpha value is -2.04. The summed E-state index contributed by atoms with van der Waals surface area (Å²) in [6.45, 7) is 6.74. The first-order valence-electron chi connectivity index (χ1n) is 8.03. The second kappa shape index (κ2) is 7.49. The number of hydrogen-bond acceptors (Lipinski definition) is 4. The van der Waals surface area contributed by atoms with Crippen LogP contribution in [0.4, 0.5) is 4.79 Å². The lowest BCUT2D eigenvalue weighted by Crippen LogP contribution is -2.43. The summed E-state index contributed by atoms with van der Waals surface area (Å²) in [6.07, 6.45) is 1.02. The van der Waals surface area contributed by atoms with Gasteiger partial charge in [0.1, 0.15) is 18.0 Å². The van der Waals surface area contributed by atoms with Gasteiger partial charge in [0, 0.05) is 19.0 Å². The highest BCUT2D eigenvalue weighted by molar-refractivity contribution is 5.82. The molecular weight excluding hydrogens is 294 g/mol. The second-order valence-corrected chi connectivity index (χ2v) is 6.81. The third-order valence-electron chi connectivity index (χ3n) is 3.73. The zero-order valence-electron chi connectivity index (χ0n) is 14.1. The number of ether oxygens (including phenoxy) is 2. The number of amides is 1. The van der Waals surface area contributed by atoms with E-state index in [9.17, 15) is 9.59 Å². The molecule has 0 radical (unpaired) electrons. The molecular formula is C18H25NO4. The van der Waals surface area contributed by atoms with Gasteiger partial charge >= 0.3 is 6.09 Å². The first-order chi connectivity index (χ1) is 10.8. The molecule has 0 N–H and O–H groups in total. The van der Waals surface area contributed by atoms with Gasteiger partial charge in [-0.25, -0.2) is 4.79 Å². The molecule has 1 aliphatic rings. The van der Waals surface area contributed by atoms with Crippen LogP contribution in [0.5, 0.6) is 5.75 Å². The highest BCUT2D eigenvalue weighted by atomic mass is 16.6. The lowest BCUT2D eigenvalue weighted by atomic mass is 9.93. The average molecular weight is 319 g/mol. The molecule has 5 heteroatoms. The van der Waals surface area contributed by atoms with Crippen molar-refractivity contribution in [3.8, 4) is 5.75 Å². The Labute approximate surface area is 137 Å². The smallest absolute Gasteiger partial charge is 0.410 e. The molecule has 1 saturated heterocycles. The molecule has 1 fully saturated rings. The fourth-order valence-electron chi connectivity index (χ4n) is 2.50. The quantitative estimate of drug-likeness (QED) is 0.854. The molecule has 1 aromatic carbocycles. The number of hydrogen-bond donors (Lipinski definition) is 0. The molecule has 0 aromatic heterocycles. The van der Waals surface area contributed by atoms with Crippen molar-refractivity contribution in [1.82, 2.24) is 4.90 Å². The molecule has 0 bridgehead atoms. The van der Waals surface area contributed by atoms with Crippen molar-refractivity contribution in [1.29, 1.82) is 0 Å². The number of carbonyl (C=O) groups excluding carboxylic acids is 2. The summed E-state index contributed by atoms with van der Waals surface area (Å²) in [4.78, 5) is 25.9.